The van der Waals surface area contributed by atoms with Crippen molar-refractivity contribution < 1.29 is 4.74 Å². The van der Waals surface area contributed by atoms with Gasteiger partial charge in [-0.3, -0.25) is 0 Å². The zero-order chi connectivity index (χ0) is 12.1. The smallest absolute Gasteiger partial charge is 0.120 e. The van der Waals surface area contributed by atoms with Crippen molar-refractivity contribution >= 4 is 5.69 Å². The van der Waals surface area contributed by atoms with E-state index in [9.17, 15) is 0 Å². The number of anilines is 1. The van der Waals surface area contributed by atoms with Gasteiger partial charge in [0.25, 0.3) is 0 Å². The minimum absolute atomic E-state index is 0.229. The highest BCUT2D eigenvalue weighted by molar-refractivity contribution is 5.54. The Balaban J connectivity index is 2.75. The molecule has 0 aliphatic rings. The Labute approximate surface area is 99.0 Å². The number of nitrogens with one attached hydrogen (secondary N) is 1. The van der Waals surface area contributed by atoms with Crippen LogP contribution >= 0.6 is 0 Å². The van der Waals surface area contributed by atoms with Gasteiger partial charge in [0.2, 0.25) is 0 Å². The monoisotopic (exact) mass is 221 g/mol. The van der Waals surface area contributed by atoms with Crippen LogP contribution in [0.3, 0.4) is 0 Å². The normalized spacial score (nSPS) is 12.6. The van der Waals surface area contributed by atoms with Crippen LogP contribution in [0.1, 0.15) is 39.7 Å². The second kappa shape index (κ2) is 5.78. The summed E-state index contributed by atoms with van der Waals surface area (Å²) in [6.07, 6.45) is 1.36. The van der Waals surface area contributed by atoms with Crippen molar-refractivity contribution in [2.24, 2.45) is 0 Å². The van der Waals surface area contributed by atoms with Gasteiger partial charge in [0, 0.05) is 11.7 Å². The maximum atomic E-state index is 5.65. The Morgan fingerprint density at radius 2 is 1.94 bits per heavy atom. The average molecular weight is 221 g/mol. The molecule has 1 rings (SSSR count). The van der Waals surface area contributed by atoms with Gasteiger partial charge in [0.1, 0.15) is 5.75 Å². The Morgan fingerprint density at radius 3 is 2.44 bits per heavy atom. The highest BCUT2D eigenvalue weighted by Gasteiger charge is 2.04. The maximum Gasteiger partial charge on any atom is 0.120 e. The van der Waals surface area contributed by atoms with Crippen molar-refractivity contribution in [3.63, 3.8) is 0 Å². The molecule has 1 aromatic rings. The van der Waals surface area contributed by atoms with Crippen molar-refractivity contribution in [3.8, 4) is 5.75 Å². The molecular weight excluding hydrogens is 198 g/mol. The predicted molar refractivity (Wildman–Crippen MR) is 70.3 cm³/mol. The number of hydrogen-bond donors (Lipinski definition) is 1. The van der Waals surface area contributed by atoms with Gasteiger partial charge in [-0.2, -0.15) is 0 Å². The first-order valence-electron chi connectivity index (χ1n) is 6.06. The predicted octanol–water partition coefficient (Wildman–Crippen LogP) is 3.99. The fourth-order valence-corrected chi connectivity index (χ4v) is 1.51. The largest absolute Gasteiger partial charge is 0.491 e. The Bertz CT molecular complexity index is 334. The molecular formula is C14H23NO. The molecule has 0 aliphatic heterocycles. The summed E-state index contributed by atoms with van der Waals surface area (Å²) >= 11 is 0. The standard InChI is InChI=1S/C14H23NO/c1-6-12(5)15-14-8-7-13(9-11(14)4)16-10(2)3/h7-10,12,15H,6H2,1-5H3. The molecule has 0 bridgehead atoms. The summed E-state index contributed by atoms with van der Waals surface area (Å²) in [6.45, 7) is 10.6. The Morgan fingerprint density at radius 1 is 1.25 bits per heavy atom. The number of rotatable bonds is 5. The van der Waals surface area contributed by atoms with E-state index in [0.717, 1.165) is 12.2 Å². The molecule has 0 radical (unpaired) electrons. The molecule has 0 saturated carbocycles. The van der Waals surface area contributed by atoms with Crippen LogP contribution in [0.25, 0.3) is 0 Å². The highest BCUT2D eigenvalue weighted by Crippen LogP contribution is 2.23. The van der Waals surface area contributed by atoms with Crippen LogP contribution in [0.2, 0.25) is 0 Å². The molecule has 1 aromatic carbocycles. The number of hydrogen-bond acceptors (Lipinski definition) is 2. The van der Waals surface area contributed by atoms with Gasteiger partial charge in [-0.25, -0.2) is 0 Å². The summed E-state index contributed by atoms with van der Waals surface area (Å²) in [5.74, 6) is 0.946. The maximum absolute atomic E-state index is 5.65. The van der Waals surface area contributed by atoms with Crippen LogP contribution in [0, 0.1) is 6.92 Å². The molecule has 0 saturated heterocycles. The van der Waals surface area contributed by atoms with Gasteiger partial charge in [0.05, 0.1) is 6.10 Å². The second-order valence-corrected chi connectivity index (χ2v) is 4.60. The lowest BCUT2D eigenvalue weighted by Crippen LogP contribution is -2.14. The zero-order valence-electron chi connectivity index (χ0n) is 11.0. The first kappa shape index (κ1) is 12.9. The molecule has 0 aromatic heterocycles. The number of ether oxygens (including phenoxy) is 1. The molecule has 16 heavy (non-hydrogen) atoms. The van der Waals surface area contributed by atoms with Crippen LogP contribution in [-0.2, 0) is 0 Å². The van der Waals surface area contributed by atoms with Crippen molar-refractivity contribution in [2.75, 3.05) is 5.32 Å². The van der Waals surface area contributed by atoms with Crippen LogP contribution in [-0.4, -0.2) is 12.1 Å². The van der Waals surface area contributed by atoms with E-state index in [1.54, 1.807) is 0 Å². The third-order valence-electron chi connectivity index (χ3n) is 2.58. The van der Waals surface area contributed by atoms with E-state index in [-0.39, 0.29) is 6.10 Å². The third kappa shape index (κ3) is 3.76. The van der Waals surface area contributed by atoms with Gasteiger partial charge in [-0.15, -0.1) is 0 Å². The highest BCUT2D eigenvalue weighted by atomic mass is 16.5. The summed E-state index contributed by atoms with van der Waals surface area (Å²) in [5, 5.41) is 3.48. The minimum Gasteiger partial charge on any atom is -0.491 e. The number of aryl methyl sites for hydroxylation is 1. The van der Waals surface area contributed by atoms with Crippen molar-refractivity contribution in [2.45, 2.75) is 53.2 Å². The Hall–Kier alpha value is -1.18. The zero-order valence-corrected chi connectivity index (χ0v) is 11.0. The van der Waals surface area contributed by atoms with E-state index >= 15 is 0 Å². The molecule has 1 atom stereocenters. The van der Waals surface area contributed by atoms with Crippen molar-refractivity contribution in [3.05, 3.63) is 23.8 Å². The third-order valence-corrected chi connectivity index (χ3v) is 2.58. The van der Waals surface area contributed by atoms with Gasteiger partial charge in [0.15, 0.2) is 0 Å². The summed E-state index contributed by atoms with van der Waals surface area (Å²) in [4.78, 5) is 0. The van der Waals surface area contributed by atoms with E-state index < -0.39 is 0 Å². The summed E-state index contributed by atoms with van der Waals surface area (Å²) in [7, 11) is 0. The lowest BCUT2D eigenvalue weighted by Gasteiger charge is -2.17. The molecule has 0 heterocycles. The molecule has 1 N–H and O–H groups in total. The van der Waals surface area contributed by atoms with E-state index in [0.29, 0.717) is 6.04 Å². The summed E-state index contributed by atoms with van der Waals surface area (Å²) < 4.78 is 5.65. The lowest BCUT2D eigenvalue weighted by molar-refractivity contribution is 0.242. The molecule has 1 unspecified atom stereocenters. The van der Waals surface area contributed by atoms with Crippen LogP contribution < -0.4 is 10.1 Å². The molecule has 0 fully saturated rings. The van der Waals surface area contributed by atoms with E-state index in [4.69, 9.17) is 4.74 Å². The fourth-order valence-electron chi connectivity index (χ4n) is 1.51. The van der Waals surface area contributed by atoms with E-state index in [1.165, 1.54) is 11.3 Å². The van der Waals surface area contributed by atoms with Gasteiger partial charge in [-0.05, 0) is 57.9 Å². The van der Waals surface area contributed by atoms with Crippen molar-refractivity contribution in [1.82, 2.24) is 0 Å². The quantitative estimate of drug-likeness (QED) is 0.811. The van der Waals surface area contributed by atoms with Gasteiger partial charge in [-0.1, -0.05) is 6.92 Å². The van der Waals surface area contributed by atoms with Gasteiger partial charge >= 0.3 is 0 Å². The molecule has 90 valence electrons. The average Bonchev–Trinajstić information content (AvgIpc) is 2.21. The topological polar surface area (TPSA) is 21.3 Å². The summed E-state index contributed by atoms with van der Waals surface area (Å²) in [6, 6.07) is 6.72. The minimum atomic E-state index is 0.229. The molecule has 2 nitrogen and oxygen atoms in total. The van der Waals surface area contributed by atoms with E-state index in [1.807, 2.05) is 19.9 Å². The van der Waals surface area contributed by atoms with Gasteiger partial charge < -0.3 is 10.1 Å². The lowest BCUT2D eigenvalue weighted by atomic mass is 10.1. The van der Waals surface area contributed by atoms with Crippen LogP contribution in [0.15, 0.2) is 18.2 Å². The van der Waals surface area contributed by atoms with Crippen LogP contribution in [0.5, 0.6) is 5.75 Å². The van der Waals surface area contributed by atoms with Crippen LogP contribution in [0.4, 0.5) is 5.69 Å². The SMILES string of the molecule is CCC(C)Nc1ccc(OC(C)C)cc1C. The first-order chi connectivity index (χ1) is 7.52. The van der Waals surface area contributed by atoms with Crippen molar-refractivity contribution in [1.29, 1.82) is 0 Å². The number of benzene rings is 1. The van der Waals surface area contributed by atoms with E-state index in [2.05, 4.69) is 38.2 Å². The fraction of sp³-hybridized carbons (Fsp3) is 0.571. The second-order valence-electron chi connectivity index (χ2n) is 4.60. The molecule has 2 heteroatoms. The first-order valence-corrected chi connectivity index (χ1v) is 6.06. The Kier molecular flexibility index (Phi) is 4.66. The summed E-state index contributed by atoms with van der Waals surface area (Å²) in [5.41, 5.74) is 2.43. The molecule has 0 amide bonds. The molecule has 0 aliphatic carbocycles. The molecule has 0 spiro atoms.